The number of carbonyl (C=O) groups is 1. The van der Waals surface area contributed by atoms with Crippen molar-refractivity contribution in [2.24, 2.45) is 0 Å². The zero-order chi connectivity index (χ0) is 23.6. The fourth-order valence-corrected chi connectivity index (χ4v) is 3.41. The molecule has 6 nitrogen and oxygen atoms in total. The second-order valence-electron chi connectivity index (χ2n) is 6.55. The number of hydrogen-bond acceptors (Lipinski definition) is 6. The summed E-state index contributed by atoms with van der Waals surface area (Å²) in [6.07, 6.45) is -8.34. The molecule has 33 heavy (non-hydrogen) atoms. The number of carbonyl (C=O) groups excluding carboxylic acids is 2. The minimum absolute atomic E-state index is 0. The van der Waals surface area contributed by atoms with Crippen LogP contribution in [0.1, 0.15) is 11.1 Å². The van der Waals surface area contributed by atoms with E-state index in [2.05, 4.69) is 11.7 Å². The smallest absolute Gasteiger partial charge is 0.538 e. The fourth-order valence-electron chi connectivity index (χ4n) is 2.51. The van der Waals surface area contributed by atoms with Crippen LogP contribution in [0.15, 0.2) is 59.5 Å². The molecule has 1 radical (unpaired) electrons. The Morgan fingerprint density at radius 3 is 2.09 bits per heavy atom. The molecule has 11 heteroatoms. The van der Waals surface area contributed by atoms with Gasteiger partial charge in [0.2, 0.25) is 0 Å². The van der Waals surface area contributed by atoms with Crippen LogP contribution in [0.25, 0.3) is 0 Å². The van der Waals surface area contributed by atoms with E-state index >= 15 is 0 Å². The third kappa shape index (κ3) is 9.84. The summed E-state index contributed by atoms with van der Waals surface area (Å²) in [6, 6.07) is 18.8. The molecule has 0 N–H and O–H groups in total. The molecular weight excluding hydrogens is 494 g/mol. The third-order valence-electron chi connectivity index (χ3n) is 4.18. The monoisotopic (exact) mass is 514 g/mol. The molecule has 2 aromatic carbocycles. The zero-order valence-corrected chi connectivity index (χ0v) is 19.6. The van der Waals surface area contributed by atoms with Crippen molar-refractivity contribution in [3.63, 3.8) is 0 Å². The summed E-state index contributed by atoms with van der Waals surface area (Å²) in [6.45, 7) is 4.90. The minimum atomic E-state index is -4.97. The van der Waals surface area contributed by atoms with Gasteiger partial charge in [-0.25, -0.2) is 15.4 Å². The first-order chi connectivity index (χ1) is 15.2. The number of nitrogens with zero attached hydrogens (tertiary/aromatic N) is 3. The Hall–Kier alpha value is -2.58. The molecule has 1 aliphatic heterocycles. The molecule has 1 unspecified atom stereocenters. The summed E-state index contributed by atoms with van der Waals surface area (Å²) < 4.78 is 43.4. The molecule has 173 valence electrons. The summed E-state index contributed by atoms with van der Waals surface area (Å²) in [5, 5.41) is 8.75. The maximum atomic E-state index is 12.4. The van der Waals surface area contributed by atoms with E-state index < -0.39 is 18.4 Å². The quantitative estimate of drug-likeness (QED) is 0.449. The predicted octanol–water partition coefficient (Wildman–Crippen LogP) is 4.23. The maximum absolute atomic E-state index is 12.4. The molecule has 1 fully saturated rings. The van der Waals surface area contributed by atoms with Crippen LogP contribution < -0.4 is 0 Å². The predicted molar refractivity (Wildman–Crippen MR) is 113 cm³/mol. The number of amides is 1. The molecule has 0 aromatic heterocycles. The van der Waals surface area contributed by atoms with Crippen molar-refractivity contribution in [1.82, 2.24) is 9.21 Å². The first-order valence-electron chi connectivity index (χ1n) is 9.43. The van der Waals surface area contributed by atoms with Crippen LogP contribution in [-0.2, 0) is 28.1 Å². The van der Waals surface area contributed by atoms with E-state index in [4.69, 9.17) is 5.26 Å². The van der Waals surface area contributed by atoms with Gasteiger partial charge in [0.1, 0.15) is 6.10 Å². The van der Waals surface area contributed by atoms with Gasteiger partial charge in [-0.1, -0.05) is 6.07 Å². The average molecular weight is 514 g/mol. The van der Waals surface area contributed by atoms with Crippen LogP contribution in [0.3, 0.4) is 0 Å². The van der Waals surface area contributed by atoms with Gasteiger partial charge < -0.3 is 14.4 Å². The number of alkyl halides is 3. The van der Waals surface area contributed by atoms with Gasteiger partial charge in [0, 0.05) is 31.1 Å². The number of benzene rings is 2. The molecule has 0 aliphatic carbocycles. The maximum Gasteiger partial charge on any atom is 2.00 e. The SMILES string of the molecule is N#Cc1ccc(SN2CCN(C(=O)OC([C-]=O)C(F)(F)F)CC2)cc1.[CH2-]c1ccccc1.[V+2]. The van der Waals surface area contributed by atoms with E-state index in [9.17, 15) is 22.8 Å². The third-order valence-corrected chi connectivity index (χ3v) is 5.29. The molecule has 2 aromatic rings. The Morgan fingerprint density at radius 1 is 1.09 bits per heavy atom. The number of halogens is 3. The molecular formula is C22H20F3N3O3SV. The van der Waals surface area contributed by atoms with Crippen molar-refractivity contribution in [2.45, 2.75) is 17.2 Å². The average Bonchev–Trinajstić information content (AvgIpc) is 2.78. The minimum Gasteiger partial charge on any atom is -0.538 e. The van der Waals surface area contributed by atoms with E-state index in [1.807, 2.05) is 40.7 Å². The van der Waals surface area contributed by atoms with Crippen molar-refractivity contribution in [3.05, 3.63) is 72.6 Å². The molecule has 3 rings (SSSR count). The van der Waals surface area contributed by atoms with Gasteiger partial charge in [0.25, 0.3) is 0 Å². The Balaban J connectivity index is 0.000000581. The van der Waals surface area contributed by atoms with Gasteiger partial charge in [-0.2, -0.15) is 43.1 Å². The number of rotatable bonds is 4. The fraction of sp³-hybridized carbons (Fsp3) is 0.273. The first-order valence-corrected chi connectivity index (χ1v) is 10.2. The topological polar surface area (TPSA) is 73.6 Å². The zero-order valence-electron chi connectivity index (χ0n) is 17.4. The van der Waals surface area contributed by atoms with E-state index in [1.165, 1.54) is 11.9 Å². The number of hydrogen-bond donors (Lipinski definition) is 0. The molecule has 0 bridgehead atoms. The normalized spacial score (nSPS) is 14.5. The van der Waals surface area contributed by atoms with Crippen molar-refractivity contribution in [3.8, 4) is 6.07 Å². The second kappa shape index (κ2) is 13.9. The molecule has 0 spiro atoms. The van der Waals surface area contributed by atoms with Gasteiger partial charge in [-0.05, 0) is 36.2 Å². The van der Waals surface area contributed by atoms with Crippen molar-refractivity contribution >= 4 is 24.3 Å². The van der Waals surface area contributed by atoms with E-state index in [0.717, 1.165) is 15.4 Å². The van der Waals surface area contributed by atoms with Crippen LogP contribution in [0.4, 0.5) is 18.0 Å². The first kappa shape index (κ1) is 28.5. The summed E-state index contributed by atoms with van der Waals surface area (Å²) >= 11 is 1.42. The van der Waals surface area contributed by atoms with Gasteiger partial charge in [-0.3, -0.25) is 0 Å². The standard InChI is InChI=1S/C15H13F3N3O3S.C7H7.V/c16-15(17,18)13(10-22)24-14(23)20-5-7-21(8-6-20)25-12-3-1-11(9-19)2-4-12;1-7-5-3-2-4-6-7;/h1-4,13H,5-8H2;2-6H,1H2;/q2*-1;+2. The molecule has 1 saturated heterocycles. The van der Waals surface area contributed by atoms with Crippen LogP contribution in [0.2, 0.25) is 0 Å². The van der Waals surface area contributed by atoms with Crippen LogP contribution in [0, 0.1) is 18.3 Å². The van der Waals surface area contributed by atoms with Crippen molar-refractivity contribution in [1.29, 1.82) is 5.26 Å². The van der Waals surface area contributed by atoms with Crippen LogP contribution in [0.5, 0.6) is 0 Å². The molecule has 0 saturated carbocycles. The molecule has 1 aliphatic rings. The van der Waals surface area contributed by atoms with E-state index in [0.29, 0.717) is 24.9 Å². The summed E-state index contributed by atoms with van der Waals surface area (Å²) in [5.41, 5.74) is 1.62. The van der Waals surface area contributed by atoms with Gasteiger partial charge >= 0.3 is 30.8 Å². The number of ether oxygens (including phenoxy) is 1. The number of piperazine rings is 1. The number of nitriles is 1. The summed E-state index contributed by atoms with van der Waals surface area (Å²) in [5.74, 6) is 0. The van der Waals surface area contributed by atoms with Gasteiger partial charge in [0.05, 0.1) is 11.6 Å². The molecule has 1 amide bonds. The van der Waals surface area contributed by atoms with E-state index in [-0.39, 0.29) is 31.6 Å². The summed E-state index contributed by atoms with van der Waals surface area (Å²) in [4.78, 5) is 24.0. The van der Waals surface area contributed by atoms with Crippen LogP contribution >= 0.6 is 11.9 Å². The van der Waals surface area contributed by atoms with Crippen molar-refractivity contribution < 1.29 is 46.1 Å². The largest absolute Gasteiger partial charge is 2.00 e. The Kier molecular flexibility index (Phi) is 11.9. The molecule has 1 atom stereocenters. The van der Waals surface area contributed by atoms with Crippen LogP contribution in [-0.4, -0.2) is 60.0 Å². The molecule has 1 heterocycles. The van der Waals surface area contributed by atoms with Crippen molar-refractivity contribution in [2.75, 3.05) is 26.2 Å². The Bertz CT molecular complexity index is 916. The second-order valence-corrected chi connectivity index (χ2v) is 7.72. The summed E-state index contributed by atoms with van der Waals surface area (Å²) in [7, 11) is 0. The van der Waals surface area contributed by atoms with Gasteiger partial charge in [0.15, 0.2) is 0 Å². The van der Waals surface area contributed by atoms with E-state index in [1.54, 1.807) is 24.3 Å². The van der Waals surface area contributed by atoms with Gasteiger partial charge in [-0.15, -0.1) is 12.1 Å². The Labute approximate surface area is 206 Å². The Morgan fingerprint density at radius 2 is 1.67 bits per heavy atom.